The zero-order chi connectivity index (χ0) is 32.1. The van der Waals surface area contributed by atoms with E-state index in [1.807, 2.05) is 84.2 Å². The lowest BCUT2D eigenvalue weighted by Crippen LogP contribution is -2.51. The van der Waals surface area contributed by atoms with E-state index in [0.717, 1.165) is 37.2 Å². The van der Waals surface area contributed by atoms with Crippen molar-refractivity contribution in [3.8, 4) is 11.1 Å². The van der Waals surface area contributed by atoms with E-state index in [9.17, 15) is 24.3 Å². The van der Waals surface area contributed by atoms with Crippen molar-refractivity contribution in [2.45, 2.75) is 37.6 Å². The summed E-state index contributed by atoms with van der Waals surface area (Å²) in [5.41, 5.74) is 3.87. The molecule has 0 saturated carbocycles. The lowest BCUT2D eigenvalue weighted by molar-refractivity contribution is -0.427. The fourth-order valence-electron chi connectivity index (χ4n) is 5.40. The maximum Gasteiger partial charge on any atom is 0.519 e. The molecule has 1 amide bonds. The van der Waals surface area contributed by atoms with Gasteiger partial charge in [0.2, 0.25) is 0 Å². The predicted molar refractivity (Wildman–Crippen MR) is 161 cm³/mol. The van der Waals surface area contributed by atoms with E-state index in [2.05, 4.69) is 9.47 Å². The summed E-state index contributed by atoms with van der Waals surface area (Å²) in [5, 5.41) is 31.0. The lowest BCUT2D eigenvalue weighted by Gasteiger charge is -2.35. The van der Waals surface area contributed by atoms with Crippen LogP contribution in [0.15, 0.2) is 84.2 Å². The van der Waals surface area contributed by atoms with Gasteiger partial charge in [-0.2, -0.15) is 0 Å². The minimum absolute atomic E-state index is 0.409. The highest BCUT2D eigenvalue weighted by atomic mass is 32.1. The minimum atomic E-state index is -3.04. The summed E-state index contributed by atoms with van der Waals surface area (Å²) in [6.07, 6.45) is -8.19. The van der Waals surface area contributed by atoms with Crippen LogP contribution in [0.2, 0.25) is 0 Å². The van der Waals surface area contributed by atoms with E-state index in [1.165, 1.54) is 0 Å². The molecule has 3 atom stereocenters. The largest absolute Gasteiger partial charge is 0.519 e. The van der Waals surface area contributed by atoms with Gasteiger partial charge in [0.1, 0.15) is 6.54 Å². The Morgan fingerprint density at radius 1 is 0.911 bits per heavy atom. The summed E-state index contributed by atoms with van der Waals surface area (Å²) < 4.78 is 20.1. The van der Waals surface area contributed by atoms with Gasteiger partial charge in [-0.1, -0.05) is 72.8 Å². The number of fused-ring (bicyclic) bond motifs is 1. The van der Waals surface area contributed by atoms with Crippen molar-refractivity contribution in [1.82, 2.24) is 4.90 Å². The van der Waals surface area contributed by atoms with Crippen molar-refractivity contribution in [2.24, 2.45) is 0 Å². The SMILES string of the molecule is C[C@@H]([C@@H](Cc1csc2ccccc12)c1ccc(-c2ccccc2)cc1)N(CC(=O)O)C(=O)[C@@H]1COC(OC(=O)O)(OC(=O)O)O1. The maximum absolute atomic E-state index is 13.8. The van der Waals surface area contributed by atoms with Crippen LogP contribution in [-0.2, 0) is 35.0 Å². The smallest absolute Gasteiger partial charge is 0.480 e. The molecule has 4 aromatic rings. The van der Waals surface area contributed by atoms with Crippen LogP contribution in [-0.4, -0.2) is 75.9 Å². The molecule has 13 heteroatoms. The van der Waals surface area contributed by atoms with Gasteiger partial charge in [-0.15, -0.1) is 11.3 Å². The molecule has 3 aromatic carbocycles. The predicted octanol–water partition coefficient (Wildman–Crippen LogP) is 5.61. The van der Waals surface area contributed by atoms with Crippen LogP contribution in [0, 0.1) is 0 Å². The van der Waals surface area contributed by atoms with E-state index in [0.29, 0.717) is 6.42 Å². The molecule has 0 radical (unpaired) electrons. The highest BCUT2D eigenvalue weighted by Crippen LogP contribution is 2.36. The van der Waals surface area contributed by atoms with Crippen LogP contribution < -0.4 is 0 Å². The molecule has 0 spiro atoms. The van der Waals surface area contributed by atoms with Gasteiger partial charge in [-0.05, 0) is 52.4 Å². The Balaban J connectivity index is 1.49. The average Bonchev–Trinajstić information content (AvgIpc) is 3.62. The Hall–Kier alpha value is -4.98. The lowest BCUT2D eigenvalue weighted by atomic mass is 9.84. The molecule has 1 aliphatic rings. The van der Waals surface area contributed by atoms with Crippen molar-refractivity contribution < 1.29 is 53.4 Å². The van der Waals surface area contributed by atoms with Crippen LogP contribution in [0.1, 0.15) is 24.0 Å². The summed E-state index contributed by atoms with van der Waals surface area (Å²) in [6.45, 7) is 0.332. The third-order valence-electron chi connectivity index (χ3n) is 7.51. The minimum Gasteiger partial charge on any atom is -0.480 e. The van der Waals surface area contributed by atoms with Crippen LogP contribution in [0.25, 0.3) is 21.2 Å². The summed E-state index contributed by atoms with van der Waals surface area (Å²) in [5.74, 6) is -2.59. The molecular formula is C32H29NO11S. The van der Waals surface area contributed by atoms with E-state index in [-0.39, 0.29) is 0 Å². The number of hydrogen-bond acceptors (Lipinski definition) is 9. The molecule has 234 valence electrons. The van der Waals surface area contributed by atoms with E-state index in [1.54, 1.807) is 18.3 Å². The highest BCUT2D eigenvalue weighted by Gasteiger charge is 2.54. The second-order valence-corrected chi connectivity index (χ2v) is 11.2. The second-order valence-electron chi connectivity index (χ2n) is 10.3. The van der Waals surface area contributed by atoms with Gasteiger partial charge < -0.3 is 29.7 Å². The summed E-state index contributed by atoms with van der Waals surface area (Å²) in [6, 6.07) is 24.8. The van der Waals surface area contributed by atoms with Crippen molar-refractivity contribution in [3.05, 3.63) is 95.4 Å². The number of carboxylic acid groups (broad SMARTS) is 3. The number of carbonyl (C=O) groups excluding carboxylic acids is 1. The number of benzene rings is 3. The van der Waals surface area contributed by atoms with Gasteiger partial charge >= 0.3 is 24.4 Å². The topological polar surface area (TPSA) is 169 Å². The molecular weight excluding hydrogens is 606 g/mol. The first-order valence-electron chi connectivity index (χ1n) is 13.8. The highest BCUT2D eigenvalue weighted by molar-refractivity contribution is 7.17. The quantitative estimate of drug-likeness (QED) is 0.138. The average molecular weight is 636 g/mol. The fraction of sp³-hybridized carbons (Fsp3) is 0.250. The van der Waals surface area contributed by atoms with Gasteiger partial charge in [0.15, 0.2) is 6.10 Å². The van der Waals surface area contributed by atoms with Crippen LogP contribution in [0.3, 0.4) is 0 Å². The van der Waals surface area contributed by atoms with Gasteiger partial charge in [-0.3, -0.25) is 19.1 Å². The molecule has 1 saturated heterocycles. The zero-order valence-electron chi connectivity index (χ0n) is 23.9. The fourth-order valence-corrected chi connectivity index (χ4v) is 6.38. The number of aliphatic carboxylic acids is 1. The number of carboxylic acids is 1. The molecule has 1 aromatic heterocycles. The Morgan fingerprint density at radius 3 is 2.18 bits per heavy atom. The number of amides is 1. The van der Waals surface area contributed by atoms with Gasteiger partial charge in [0.05, 0.1) is 6.61 Å². The number of carbonyl (C=O) groups is 4. The van der Waals surface area contributed by atoms with Crippen LogP contribution in [0.4, 0.5) is 9.59 Å². The first-order chi connectivity index (χ1) is 21.5. The Labute approximate surface area is 260 Å². The number of thiophene rings is 1. The molecule has 1 aliphatic heterocycles. The number of nitrogens with zero attached hydrogens (tertiary/aromatic N) is 1. The van der Waals surface area contributed by atoms with Crippen LogP contribution in [0.5, 0.6) is 0 Å². The zero-order valence-corrected chi connectivity index (χ0v) is 24.7. The second kappa shape index (κ2) is 13.3. The van der Waals surface area contributed by atoms with Crippen molar-refractivity contribution >= 4 is 45.6 Å². The van der Waals surface area contributed by atoms with Gasteiger partial charge in [0.25, 0.3) is 5.91 Å². The van der Waals surface area contributed by atoms with Crippen molar-refractivity contribution in [3.63, 3.8) is 0 Å². The Morgan fingerprint density at radius 2 is 1.53 bits per heavy atom. The first kappa shape index (κ1) is 31.4. The molecule has 2 heterocycles. The van der Waals surface area contributed by atoms with Crippen LogP contribution >= 0.6 is 11.3 Å². The molecule has 0 bridgehead atoms. The van der Waals surface area contributed by atoms with Crippen molar-refractivity contribution in [2.75, 3.05) is 13.2 Å². The number of rotatable bonds is 11. The first-order valence-corrected chi connectivity index (χ1v) is 14.7. The molecule has 45 heavy (non-hydrogen) atoms. The molecule has 3 N–H and O–H groups in total. The van der Waals surface area contributed by atoms with Gasteiger partial charge in [-0.25, -0.2) is 9.59 Å². The normalized spacial score (nSPS) is 16.9. The maximum atomic E-state index is 13.8. The molecule has 1 fully saturated rings. The van der Waals surface area contributed by atoms with E-state index >= 15 is 0 Å². The number of ether oxygens (including phenoxy) is 4. The summed E-state index contributed by atoms with van der Waals surface area (Å²) >= 11 is 1.58. The standard InChI is InChI=1S/C32H29NO11S/c1-19(33(16-28(34)35)29(36)26-17-41-32(42-26,43-30(37)38)44-31(39)40)25(15-23-18-45-27-10-6-5-9-24(23)27)22-13-11-21(12-14-22)20-7-3-2-4-8-20/h2-14,18-19,25-26H,15-17H2,1H3,(H,34,35)(H,37,38)(H,39,40)/t19-,25+,26-/m0/s1. The summed E-state index contributed by atoms with van der Waals surface area (Å²) in [4.78, 5) is 49.3. The Kier molecular flexibility index (Phi) is 9.32. The van der Waals surface area contributed by atoms with Crippen molar-refractivity contribution in [1.29, 1.82) is 0 Å². The summed E-state index contributed by atoms with van der Waals surface area (Å²) in [7, 11) is 0. The monoisotopic (exact) mass is 635 g/mol. The molecule has 5 rings (SSSR count). The van der Waals surface area contributed by atoms with E-state index in [4.69, 9.17) is 19.7 Å². The number of hydrogen-bond donors (Lipinski definition) is 3. The molecule has 0 unspecified atom stereocenters. The van der Waals surface area contributed by atoms with Gasteiger partial charge in [0, 0.05) is 16.7 Å². The Bertz CT molecular complexity index is 1670. The third-order valence-corrected chi connectivity index (χ3v) is 8.52. The van der Waals surface area contributed by atoms with E-state index < -0.39 is 61.6 Å². The molecule has 12 nitrogen and oxygen atoms in total. The molecule has 0 aliphatic carbocycles. The third kappa shape index (κ3) is 7.23.